The molecule has 0 unspecified atom stereocenters. The van der Waals surface area contributed by atoms with E-state index >= 15 is 0 Å². The fraction of sp³-hybridized carbons (Fsp3) is 0.533. The molecular formula is C15H20ClN3O. The summed E-state index contributed by atoms with van der Waals surface area (Å²) in [6.45, 7) is 2.44. The second kappa shape index (κ2) is 6.45. The average Bonchev–Trinajstić information content (AvgIpc) is 2.46. The van der Waals surface area contributed by atoms with Crippen molar-refractivity contribution in [3.63, 3.8) is 0 Å². The van der Waals surface area contributed by atoms with Crippen LogP contribution in [-0.2, 0) is 4.74 Å². The van der Waals surface area contributed by atoms with Gasteiger partial charge in [-0.2, -0.15) is 5.26 Å². The molecule has 4 nitrogen and oxygen atoms in total. The molecule has 0 amide bonds. The summed E-state index contributed by atoms with van der Waals surface area (Å²) in [4.78, 5) is 2.27. The molecule has 0 atom stereocenters. The molecule has 1 saturated heterocycles. The minimum Gasteiger partial charge on any atom is -0.383 e. The molecule has 108 valence electrons. The number of nitrogens with one attached hydrogen (secondary N) is 1. The Labute approximate surface area is 125 Å². The predicted molar refractivity (Wildman–Crippen MR) is 81.1 cm³/mol. The van der Waals surface area contributed by atoms with E-state index in [4.69, 9.17) is 21.6 Å². The number of hydrogen-bond acceptors (Lipinski definition) is 4. The summed E-state index contributed by atoms with van der Waals surface area (Å²) in [6.07, 6.45) is 2.02. The lowest BCUT2D eigenvalue weighted by Crippen LogP contribution is -2.53. The van der Waals surface area contributed by atoms with Crippen molar-refractivity contribution in [1.82, 2.24) is 4.90 Å². The minimum atomic E-state index is 0.110. The van der Waals surface area contributed by atoms with Crippen LogP contribution in [0.1, 0.15) is 18.4 Å². The Balaban J connectivity index is 2.06. The van der Waals surface area contributed by atoms with Gasteiger partial charge in [0, 0.05) is 31.0 Å². The summed E-state index contributed by atoms with van der Waals surface area (Å²) in [6, 6.07) is 7.52. The molecular weight excluding hydrogens is 274 g/mol. The van der Waals surface area contributed by atoms with E-state index in [1.807, 2.05) is 12.1 Å². The molecule has 0 bridgehead atoms. The van der Waals surface area contributed by atoms with E-state index in [0.717, 1.165) is 38.3 Å². The van der Waals surface area contributed by atoms with Gasteiger partial charge in [-0.3, -0.25) is 0 Å². The molecule has 1 aliphatic rings. The first-order valence-electron chi connectivity index (χ1n) is 6.76. The average molecular weight is 294 g/mol. The van der Waals surface area contributed by atoms with Crippen LogP contribution in [0.3, 0.4) is 0 Å². The van der Waals surface area contributed by atoms with E-state index in [0.29, 0.717) is 10.6 Å². The number of likely N-dealkylation sites (N-methyl/N-ethyl adjacent to an activating group) is 1. The highest BCUT2D eigenvalue weighted by Gasteiger charge is 2.34. The molecule has 0 aliphatic carbocycles. The Morgan fingerprint density at radius 1 is 1.40 bits per heavy atom. The molecule has 1 heterocycles. The van der Waals surface area contributed by atoms with Gasteiger partial charge >= 0.3 is 0 Å². The highest BCUT2D eigenvalue weighted by Crippen LogP contribution is 2.27. The van der Waals surface area contributed by atoms with E-state index in [-0.39, 0.29) is 5.54 Å². The Bertz CT molecular complexity index is 504. The molecule has 0 aromatic heterocycles. The lowest BCUT2D eigenvalue weighted by molar-refractivity contribution is -0.000627. The molecule has 0 spiro atoms. The van der Waals surface area contributed by atoms with Crippen molar-refractivity contribution >= 4 is 17.3 Å². The number of halogens is 1. The highest BCUT2D eigenvalue weighted by atomic mass is 35.5. The van der Waals surface area contributed by atoms with Gasteiger partial charge in [-0.05, 0) is 45.1 Å². The second-order valence-electron chi connectivity index (χ2n) is 5.39. The van der Waals surface area contributed by atoms with Crippen molar-refractivity contribution < 1.29 is 4.74 Å². The van der Waals surface area contributed by atoms with Gasteiger partial charge in [-0.25, -0.2) is 0 Å². The largest absolute Gasteiger partial charge is 0.383 e. The summed E-state index contributed by atoms with van der Waals surface area (Å²) < 4.78 is 5.46. The number of benzene rings is 1. The van der Waals surface area contributed by atoms with Crippen LogP contribution in [0.4, 0.5) is 5.69 Å². The Morgan fingerprint density at radius 2 is 2.10 bits per heavy atom. The highest BCUT2D eigenvalue weighted by molar-refractivity contribution is 6.32. The minimum absolute atomic E-state index is 0.110. The first-order valence-corrected chi connectivity index (χ1v) is 7.14. The van der Waals surface area contributed by atoms with Gasteiger partial charge in [0.1, 0.15) is 6.07 Å². The summed E-state index contributed by atoms with van der Waals surface area (Å²) in [7, 11) is 4.22. The van der Waals surface area contributed by atoms with Crippen molar-refractivity contribution in [2.75, 3.05) is 39.2 Å². The van der Waals surface area contributed by atoms with Crippen LogP contribution < -0.4 is 5.32 Å². The summed E-state index contributed by atoms with van der Waals surface area (Å²) in [5, 5.41) is 12.8. The van der Waals surface area contributed by atoms with Gasteiger partial charge in [0.2, 0.25) is 0 Å². The standard InChI is InChI=1S/C15H20ClN3O/c1-19(2)15(5-7-20-8-6-15)11-18-13-4-3-12(10-17)14(16)9-13/h3-4,9,18H,5-8,11H2,1-2H3. The lowest BCUT2D eigenvalue weighted by Gasteiger charge is -2.43. The zero-order valence-corrected chi connectivity index (χ0v) is 12.7. The maximum Gasteiger partial charge on any atom is 0.101 e. The van der Waals surface area contributed by atoms with Crippen LogP contribution in [0.2, 0.25) is 5.02 Å². The van der Waals surface area contributed by atoms with Crippen LogP contribution in [-0.4, -0.2) is 44.3 Å². The van der Waals surface area contributed by atoms with Crippen molar-refractivity contribution in [2.45, 2.75) is 18.4 Å². The summed E-state index contributed by atoms with van der Waals surface area (Å²) in [5.41, 5.74) is 1.56. The Morgan fingerprint density at radius 3 is 2.65 bits per heavy atom. The van der Waals surface area contributed by atoms with Crippen LogP contribution in [0, 0.1) is 11.3 Å². The fourth-order valence-corrected chi connectivity index (χ4v) is 2.74. The first kappa shape index (κ1) is 15.1. The van der Waals surface area contributed by atoms with Crippen molar-refractivity contribution in [1.29, 1.82) is 5.26 Å². The fourth-order valence-electron chi connectivity index (χ4n) is 2.52. The van der Waals surface area contributed by atoms with Crippen molar-refractivity contribution in [3.05, 3.63) is 28.8 Å². The number of nitrogens with zero attached hydrogens (tertiary/aromatic N) is 2. The number of hydrogen-bond donors (Lipinski definition) is 1. The van der Waals surface area contributed by atoms with E-state index in [1.54, 1.807) is 6.07 Å². The molecule has 0 saturated carbocycles. The summed E-state index contributed by atoms with van der Waals surface area (Å²) >= 11 is 6.06. The number of ether oxygens (including phenoxy) is 1. The molecule has 1 aliphatic heterocycles. The van der Waals surface area contributed by atoms with Gasteiger partial charge in [-0.15, -0.1) is 0 Å². The third-order valence-electron chi connectivity index (χ3n) is 4.08. The van der Waals surface area contributed by atoms with E-state index in [1.165, 1.54) is 0 Å². The summed E-state index contributed by atoms with van der Waals surface area (Å²) in [5.74, 6) is 0. The third kappa shape index (κ3) is 3.24. The number of anilines is 1. The second-order valence-corrected chi connectivity index (χ2v) is 5.80. The predicted octanol–water partition coefficient (Wildman–Crippen LogP) is 2.73. The quantitative estimate of drug-likeness (QED) is 0.927. The smallest absolute Gasteiger partial charge is 0.101 e. The third-order valence-corrected chi connectivity index (χ3v) is 4.40. The number of rotatable bonds is 4. The SMILES string of the molecule is CN(C)C1(CNc2ccc(C#N)c(Cl)c2)CCOCC1. The number of nitriles is 1. The van der Waals surface area contributed by atoms with Gasteiger partial charge < -0.3 is 15.0 Å². The van der Waals surface area contributed by atoms with Crippen LogP contribution >= 0.6 is 11.6 Å². The lowest BCUT2D eigenvalue weighted by atomic mass is 9.88. The molecule has 1 fully saturated rings. The Kier molecular flexibility index (Phi) is 4.87. The Hall–Kier alpha value is -1.28. The van der Waals surface area contributed by atoms with Gasteiger partial charge in [0.15, 0.2) is 0 Å². The molecule has 5 heteroatoms. The van der Waals surface area contributed by atoms with Crippen LogP contribution in [0.5, 0.6) is 0 Å². The van der Waals surface area contributed by atoms with Crippen LogP contribution in [0.25, 0.3) is 0 Å². The molecule has 0 radical (unpaired) electrons. The van der Waals surface area contributed by atoms with Crippen molar-refractivity contribution in [2.24, 2.45) is 0 Å². The first-order chi connectivity index (χ1) is 9.57. The van der Waals surface area contributed by atoms with E-state index in [9.17, 15) is 0 Å². The zero-order chi connectivity index (χ0) is 14.6. The van der Waals surface area contributed by atoms with E-state index < -0.39 is 0 Å². The van der Waals surface area contributed by atoms with E-state index in [2.05, 4.69) is 30.4 Å². The normalized spacial score (nSPS) is 17.8. The zero-order valence-electron chi connectivity index (χ0n) is 11.9. The molecule has 20 heavy (non-hydrogen) atoms. The molecule has 2 rings (SSSR count). The van der Waals surface area contributed by atoms with Gasteiger partial charge in [0.05, 0.1) is 10.6 Å². The maximum atomic E-state index is 8.88. The van der Waals surface area contributed by atoms with Crippen LogP contribution in [0.15, 0.2) is 18.2 Å². The maximum absolute atomic E-state index is 8.88. The molecule has 1 aromatic rings. The monoisotopic (exact) mass is 293 g/mol. The van der Waals surface area contributed by atoms with Gasteiger partial charge in [0.25, 0.3) is 0 Å². The topological polar surface area (TPSA) is 48.3 Å². The van der Waals surface area contributed by atoms with Gasteiger partial charge in [-0.1, -0.05) is 11.6 Å². The molecule has 1 aromatic carbocycles. The van der Waals surface area contributed by atoms with Crippen molar-refractivity contribution in [3.8, 4) is 6.07 Å². The molecule has 1 N–H and O–H groups in total.